The molecule has 9 aromatic carbocycles. The van der Waals surface area contributed by atoms with Crippen LogP contribution in [0.2, 0.25) is 0 Å². The van der Waals surface area contributed by atoms with E-state index in [2.05, 4.69) is 225 Å². The van der Waals surface area contributed by atoms with Gasteiger partial charge in [0.1, 0.15) is 0 Å². The van der Waals surface area contributed by atoms with E-state index in [1.807, 2.05) is 0 Å². The first kappa shape index (κ1) is 36.2. The minimum Gasteiger partial charge on any atom is -0.310 e. The van der Waals surface area contributed by atoms with E-state index in [1.165, 1.54) is 132 Å². The highest BCUT2D eigenvalue weighted by Crippen LogP contribution is 2.47. The summed E-state index contributed by atoms with van der Waals surface area (Å²) in [7, 11) is 0. The summed E-state index contributed by atoms with van der Waals surface area (Å²) in [5.74, 6) is 0. The molecule has 14 rings (SSSR count). The molecule has 0 saturated carbocycles. The van der Waals surface area contributed by atoms with Crippen molar-refractivity contribution in [3.63, 3.8) is 0 Å². The molecule has 12 aromatic rings. The SMILES string of the molecule is CC(C)(C)c1ccc2c(c1)c1cc(C(C)(C)C)cc3c1n2-c1cc(-c2ccccc2)cc2c1B3c1cc3c4ccccc4n(-c4ccccc4)c3c3c4cc5ccccc5cc4n-2c13. The van der Waals surface area contributed by atoms with Crippen molar-refractivity contribution >= 4 is 99.3 Å². The Balaban J connectivity index is 1.26. The first-order valence-electron chi connectivity index (χ1n) is 22.9. The molecular formula is C60H46BN3. The van der Waals surface area contributed by atoms with Crippen LogP contribution in [0.15, 0.2) is 170 Å². The number of benzene rings is 9. The molecule has 3 aromatic heterocycles. The Hall–Kier alpha value is -7.30. The molecule has 0 radical (unpaired) electrons. The first-order chi connectivity index (χ1) is 31.0. The fourth-order valence-electron chi connectivity index (χ4n) is 11.8. The Bertz CT molecular complexity index is 4020. The zero-order chi connectivity index (χ0) is 43.0. The lowest BCUT2D eigenvalue weighted by Gasteiger charge is -2.35. The predicted octanol–water partition coefficient (Wildman–Crippen LogP) is 13.5. The van der Waals surface area contributed by atoms with E-state index in [9.17, 15) is 0 Å². The monoisotopic (exact) mass is 819 g/mol. The normalized spacial score (nSPS) is 13.4. The van der Waals surface area contributed by atoms with Crippen molar-refractivity contribution < 1.29 is 0 Å². The topological polar surface area (TPSA) is 14.8 Å². The number of hydrogen-bond donors (Lipinski definition) is 0. The number of para-hydroxylation sites is 2. The van der Waals surface area contributed by atoms with Crippen molar-refractivity contribution in [2.24, 2.45) is 0 Å². The second-order valence-electron chi connectivity index (χ2n) is 20.6. The molecule has 0 spiro atoms. The molecule has 0 atom stereocenters. The Morgan fingerprint density at radius 3 is 1.70 bits per heavy atom. The number of rotatable bonds is 2. The number of aromatic nitrogens is 3. The van der Waals surface area contributed by atoms with Crippen LogP contribution in [-0.4, -0.2) is 20.4 Å². The molecule has 0 amide bonds. The first-order valence-corrected chi connectivity index (χ1v) is 22.9. The van der Waals surface area contributed by atoms with Gasteiger partial charge in [0, 0.05) is 54.9 Å². The average Bonchev–Trinajstić information content (AvgIpc) is 3.94. The van der Waals surface area contributed by atoms with E-state index in [1.54, 1.807) is 0 Å². The summed E-state index contributed by atoms with van der Waals surface area (Å²) in [6.07, 6.45) is 0. The fraction of sp³-hybridized carbons (Fsp3) is 0.133. The molecule has 0 saturated heterocycles. The maximum Gasteiger partial charge on any atom is 0.252 e. The van der Waals surface area contributed by atoms with Gasteiger partial charge in [-0.3, -0.25) is 0 Å². The highest BCUT2D eigenvalue weighted by atomic mass is 15.0. The maximum atomic E-state index is 2.67. The smallest absolute Gasteiger partial charge is 0.252 e. The fourth-order valence-corrected chi connectivity index (χ4v) is 11.8. The maximum absolute atomic E-state index is 2.67. The minimum absolute atomic E-state index is 0.00418. The van der Waals surface area contributed by atoms with Crippen molar-refractivity contribution in [3.05, 3.63) is 181 Å². The van der Waals surface area contributed by atoms with Crippen LogP contribution in [0, 0.1) is 0 Å². The third kappa shape index (κ3) is 4.68. The van der Waals surface area contributed by atoms with Gasteiger partial charge < -0.3 is 13.7 Å². The molecule has 64 heavy (non-hydrogen) atoms. The molecule has 0 aliphatic carbocycles. The van der Waals surface area contributed by atoms with Gasteiger partial charge in [0.15, 0.2) is 0 Å². The van der Waals surface area contributed by atoms with E-state index in [4.69, 9.17) is 0 Å². The molecule has 0 bridgehead atoms. The Morgan fingerprint density at radius 1 is 0.375 bits per heavy atom. The van der Waals surface area contributed by atoms with Gasteiger partial charge in [-0.1, -0.05) is 151 Å². The van der Waals surface area contributed by atoms with Gasteiger partial charge >= 0.3 is 0 Å². The highest BCUT2D eigenvalue weighted by molar-refractivity contribution is 7.00. The van der Waals surface area contributed by atoms with Crippen molar-refractivity contribution in [1.29, 1.82) is 0 Å². The number of hydrogen-bond acceptors (Lipinski definition) is 0. The standard InChI is InChI=1S/C60H46BN3/c1-59(2,3)39-25-26-50-43(31-39)44-32-40(60(4,5)6)33-47-56(44)63(50)52-29-38(35-17-9-7-10-18-35)30-53-55(52)61(47)48-34-45-42-23-15-16-24-49(42)62(41-21-11-8-12-22-41)57(45)54-46-27-36-19-13-14-20-37(36)28-51(46)64(53)58(48)54/h7-34H,1-6H3. The van der Waals surface area contributed by atoms with Crippen LogP contribution in [0.1, 0.15) is 52.7 Å². The Morgan fingerprint density at radius 2 is 0.969 bits per heavy atom. The van der Waals surface area contributed by atoms with Crippen LogP contribution in [0.3, 0.4) is 0 Å². The summed E-state index contributed by atoms with van der Waals surface area (Å²) in [5, 5.41) is 10.3. The van der Waals surface area contributed by atoms with Crippen LogP contribution >= 0.6 is 0 Å². The van der Waals surface area contributed by atoms with Crippen LogP contribution in [0.25, 0.3) is 104 Å². The van der Waals surface area contributed by atoms with Crippen LogP contribution in [0.5, 0.6) is 0 Å². The van der Waals surface area contributed by atoms with Crippen molar-refractivity contribution in [2.45, 2.75) is 52.4 Å². The lowest BCUT2D eigenvalue weighted by molar-refractivity contribution is 0.590. The molecule has 0 unspecified atom stereocenters. The van der Waals surface area contributed by atoms with E-state index in [0.717, 1.165) is 0 Å². The minimum atomic E-state index is -0.0624. The molecule has 0 fully saturated rings. The molecule has 0 N–H and O–H groups in total. The molecular weight excluding hydrogens is 773 g/mol. The van der Waals surface area contributed by atoms with Crippen molar-refractivity contribution in [2.75, 3.05) is 0 Å². The van der Waals surface area contributed by atoms with E-state index in [0.29, 0.717) is 0 Å². The van der Waals surface area contributed by atoms with E-state index < -0.39 is 0 Å². The predicted molar refractivity (Wildman–Crippen MR) is 274 cm³/mol. The lowest BCUT2D eigenvalue weighted by atomic mass is 9.34. The largest absolute Gasteiger partial charge is 0.310 e. The summed E-state index contributed by atoms with van der Waals surface area (Å²) in [6.45, 7) is 14.1. The summed E-state index contributed by atoms with van der Waals surface area (Å²) in [5.41, 5.74) is 20.6. The molecule has 5 heterocycles. The summed E-state index contributed by atoms with van der Waals surface area (Å²) in [6, 6.07) is 64.9. The quantitative estimate of drug-likeness (QED) is 0.154. The van der Waals surface area contributed by atoms with Gasteiger partial charge in [-0.05, 0) is 121 Å². The highest BCUT2D eigenvalue weighted by Gasteiger charge is 2.43. The number of fused-ring (bicyclic) bond motifs is 15. The second-order valence-corrected chi connectivity index (χ2v) is 20.6. The summed E-state index contributed by atoms with van der Waals surface area (Å²) >= 11 is 0. The summed E-state index contributed by atoms with van der Waals surface area (Å²) < 4.78 is 7.84. The average molecular weight is 820 g/mol. The molecule has 2 aliphatic rings. The van der Waals surface area contributed by atoms with Gasteiger partial charge in [-0.15, -0.1) is 0 Å². The van der Waals surface area contributed by atoms with Crippen LogP contribution in [-0.2, 0) is 10.8 Å². The van der Waals surface area contributed by atoms with Crippen LogP contribution < -0.4 is 16.4 Å². The molecule has 4 heteroatoms. The van der Waals surface area contributed by atoms with Gasteiger partial charge in [0.25, 0.3) is 6.71 Å². The van der Waals surface area contributed by atoms with Gasteiger partial charge in [0.05, 0.1) is 27.6 Å². The summed E-state index contributed by atoms with van der Waals surface area (Å²) in [4.78, 5) is 0. The van der Waals surface area contributed by atoms with Crippen molar-refractivity contribution in [3.8, 4) is 28.2 Å². The molecule has 3 nitrogen and oxygen atoms in total. The Kier molecular flexibility index (Phi) is 6.93. The van der Waals surface area contributed by atoms with Gasteiger partial charge in [0.2, 0.25) is 0 Å². The van der Waals surface area contributed by atoms with Gasteiger partial charge in [-0.25, -0.2) is 0 Å². The number of nitrogens with zero attached hydrogens (tertiary/aromatic N) is 3. The Labute approximate surface area is 372 Å². The molecule has 304 valence electrons. The third-order valence-electron chi connectivity index (χ3n) is 14.8. The lowest BCUT2D eigenvalue weighted by Crippen LogP contribution is -2.59. The third-order valence-corrected chi connectivity index (χ3v) is 14.8. The molecule has 2 aliphatic heterocycles. The van der Waals surface area contributed by atoms with Crippen LogP contribution in [0.4, 0.5) is 0 Å². The van der Waals surface area contributed by atoms with E-state index >= 15 is 0 Å². The zero-order valence-electron chi connectivity index (χ0n) is 37.1. The van der Waals surface area contributed by atoms with E-state index in [-0.39, 0.29) is 17.5 Å². The van der Waals surface area contributed by atoms with Crippen molar-refractivity contribution in [1.82, 2.24) is 13.7 Å². The zero-order valence-corrected chi connectivity index (χ0v) is 37.1. The van der Waals surface area contributed by atoms with Gasteiger partial charge in [-0.2, -0.15) is 0 Å². The second kappa shape index (κ2) is 12.2.